The lowest BCUT2D eigenvalue weighted by molar-refractivity contribution is 0.320. The summed E-state index contributed by atoms with van der Waals surface area (Å²) in [5.74, 6) is 0.779. The van der Waals surface area contributed by atoms with Crippen molar-refractivity contribution in [1.29, 1.82) is 0 Å². The quantitative estimate of drug-likeness (QED) is 0.792. The predicted octanol–water partition coefficient (Wildman–Crippen LogP) is 3.11. The largest absolute Gasteiger partial charge is 0.492 e. The van der Waals surface area contributed by atoms with Crippen LogP contribution in [0, 0.1) is 20.8 Å². The van der Waals surface area contributed by atoms with E-state index in [0.29, 0.717) is 6.61 Å². The van der Waals surface area contributed by atoms with Gasteiger partial charge in [0.25, 0.3) is 0 Å². The minimum Gasteiger partial charge on any atom is -0.492 e. The van der Waals surface area contributed by atoms with E-state index >= 15 is 0 Å². The number of rotatable bonds is 7. The van der Waals surface area contributed by atoms with Gasteiger partial charge in [0.15, 0.2) is 0 Å². The van der Waals surface area contributed by atoms with Crippen LogP contribution in [-0.4, -0.2) is 21.6 Å². The van der Waals surface area contributed by atoms with Gasteiger partial charge >= 0.3 is 0 Å². The molecule has 2 aromatic rings. The molecule has 0 atom stereocenters. The fraction of sp³-hybridized carbons (Fsp3) is 0.333. The van der Waals surface area contributed by atoms with Crippen LogP contribution in [0.3, 0.4) is 0 Å². The third-order valence-electron chi connectivity index (χ3n) is 3.46. The van der Waals surface area contributed by atoms with E-state index in [9.17, 15) is 8.42 Å². The van der Waals surface area contributed by atoms with Crippen LogP contribution in [0.5, 0.6) is 5.75 Å². The van der Waals surface area contributed by atoms with Crippen LogP contribution in [0.25, 0.3) is 0 Å². The third-order valence-corrected chi connectivity index (χ3v) is 4.82. The normalized spacial score (nSPS) is 11.4. The Balaban J connectivity index is 1.84. The van der Waals surface area contributed by atoms with Gasteiger partial charge in [0, 0.05) is 6.54 Å². The van der Waals surface area contributed by atoms with Crippen molar-refractivity contribution >= 4 is 10.0 Å². The van der Waals surface area contributed by atoms with Gasteiger partial charge in [-0.1, -0.05) is 42.0 Å². The number of benzene rings is 2. The van der Waals surface area contributed by atoms with E-state index in [1.807, 2.05) is 63.2 Å². The Kier molecular flexibility index (Phi) is 5.80. The summed E-state index contributed by atoms with van der Waals surface area (Å²) in [6, 6.07) is 13.5. The lowest BCUT2D eigenvalue weighted by Gasteiger charge is -2.11. The average Bonchev–Trinajstić information content (AvgIpc) is 2.46. The molecule has 0 saturated carbocycles. The van der Waals surface area contributed by atoms with Crippen LogP contribution in [0.4, 0.5) is 0 Å². The SMILES string of the molecule is Cc1cccc(CS(=O)(=O)NCCOc2cc(C)ccc2C)c1. The lowest BCUT2D eigenvalue weighted by Crippen LogP contribution is -2.29. The molecule has 0 fully saturated rings. The van der Waals surface area contributed by atoms with Crippen molar-refractivity contribution in [2.24, 2.45) is 0 Å². The summed E-state index contributed by atoms with van der Waals surface area (Å²) in [5.41, 5.74) is 3.99. The molecule has 0 aliphatic carbocycles. The van der Waals surface area contributed by atoms with E-state index in [2.05, 4.69) is 4.72 Å². The summed E-state index contributed by atoms with van der Waals surface area (Å²) in [7, 11) is -3.35. The van der Waals surface area contributed by atoms with E-state index in [1.54, 1.807) is 0 Å². The smallest absolute Gasteiger partial charge is 0.215 e. The highest BCUT2D eigenvalue weighted by atomic mass is 32.2. The van der Waals surface area contributed by atoms with Crippen LogP contribution < -0.4 is 9.46 Å². The molecule has 0 aliphatic heterocycles. The van der Waals surface area contributed by atoms with Crippen molar-refractivity contribution in [2.75, 3.05) is 13.2 Å². The molecule has 4 nitrogen and oxygen atoms in total. The first kappa shape index (κ1) is 17.5. The molecule has 0 spiro atoms. The van der Waals surface area contributed by atoms with Crippen molar-refractivity contribution in [2.45, 2.75) is 26.5 Å². The van der Waals surface area contributed by atoms with Gasteiger partial charge in [-0.3, -0.25) is 0 Å². The minimum atomic E-state index is -3.35. The van der Waals surface area contributed by atoms with E-state index in [4.69, 9.17) is 4.74 Å². The van der Waals surface area contributed by atoms with Crippen molar-refractivity contribution in [3.05, 3.63) is 64.7 Å². The average molecular weight is 333 g/mol. The molecule has 5 heteroatoms. The van der Waals surface area contributed by atoms with Crippen LogP contribution in [0.1, 0.15) is 22.3 Å². The van der Waals surface area contributed by atoms with Gasteiger partial charge in [0.2, 0.25) is 10.0 Å². The highest BCUT2D eigenvalue weighted by Crippen LogP contribution is 2.18. The molecular weight excluding hydrogens is 310 g/mol. The Morgan fingerprint density at radius 3 is 2.48 bits per heavy atom. The van der Waals surface area contributed by atoms with Crippen LogP contribution in [0.2, 0.25) is 0 Å². The van der Waals surface area contributed by atoms with E-state index in [1.165, 1.54) is 0 Å². The summed E-state index contributed by atoms with van der Waals surface area (Å²) in [4.78, 5) is 0. The maximum atomic E-state index is 12.1. The number of aryl methyl sites for hydroxylation is 3. The van der Waals surface area contributed by atoms with Gasteiger partial charge < -0.3 is 4.74 Å². The first-order valence-corrected chi connectivity index (χ1v) is 9.24. The van der Waals surface area contributed by atoms with Gasteiger partial charge in [0.1, 0.15) is 12.4 Å². The molecule has 0 saturated heterocycles. The topological polar surface area (TPSA) is 55.4 Å². The van der Waals surface area contributed by atoms with Crippen molar-refractivity contribution in [3.63, 3.8) is 0 Å². The van der Waals surface area contributed by atoms with Gasteiger partial charge in [-0.2, -0.15) is 0 Å². The third kappa shape index (κ3) is 5.69. The second-order valence-electron chi connectivity index (χ2n) is 5.76. The number of sulfonamides is 1. The predicted molar refractivity (Wildman–Crippen MR) is 93.2 cm³/mol. The van der Waals surface area contributed by atoms with Gasteiger partial charge in [-0.15, -0.1) is 0 Å². The van der Waals surface area contributed by atoms with E-state index < -0.39 is 10.0 Å². The summed E-state index contributed by atoms with van der Waals surface area (Å²) in [6.07, 6.45) is 0. The maximum absolute atomic E-state index is 12.1. The monoisotopic (exact) mass is 333 g/mol. The second kappa shape index (κ2) is 7.62. The van der Waals surface area contributed by atoms with Crippen LogP contribution in [-0.2, 0) is 15.8 Å². The molecule has 1 N–H and O–H groups in total. The summed E-state index contributed by atoms with van der Waals surface area (Å²) >= 11 is 0. The first-order valence-electron chi connectivity index (χ1n) is 7.59. The van der Waals surface area contributed by atoms with Gasteiger partial charge in [0.05, 0.1) is 5.75 Å². The Labute approximate surface area is 138 Å². The molecule has 0 radical (unpaired) electrons. The molecule has 0 amide bonds. The molecule has 0 bridgehead atoms. The highest BCUT2D eigenvalue weighted by Gasteiger charge is 2.11. The molecule has 0 heterocycles. The Bertz CT molecular complexity index is 770. The standard InChI is InChI=1S/C18H23NO3S/c1-14-5-4-6-17(11-14)13-23(20,21)19-9-10-22-18-12-15(2)7-8-16(18)3/h4-8,11-12,19H,9-10,13H2,1-3H3. The molecule has 2 aromatic carbocycles. The lowest BCUT2D eigenvalue weighted by atomic mass is 10.1. The van der Waals surface area contributed by atoms with E-state index in [-0.39, 0.29) is 12.3 Å². The molecule has 23 heavy (non-hydrogen) atoms. The zero-order valence-electron chi connectivity index (χ0n) is 13.8. The molecule has 0 unspecified atom stereocenters. The zero-order chi connectivity index (χ0) is 16.9. The number of hydrogen-bond acceptors (Lipinski definition) is 3. The fourth-order valence-corrected chi connectivity index (χ4v) is 3.41. The number of nitrogens with one attached hydrogen (secondary N) is 1. The van der Waals surface area contributed by atoms with E-state index in [0.717, 1.165) is 28.0 Å². The summed E-state index contributed by atoms with van der Waals surface area (Å²) < 4.78 is 32.4. The van der Waals surface area contributed by atoms with Crippen LogP contribution in [0.15, 0.2) is 42.5 Å². The number of ether oxygens (including phenoxy) is 1. The highest BCUT2D eigenvalue weighted by molar-refractivity contribution is 7.88. The first-order chi connectivity index (χ1) is 10.9. The molecule has 124 valence electrons. The van der Waals surface area contributed by atoms with Gasteiger partial charge in [-0.25, -0.2) is 13.1 Å². The number of hydrogen-bond donors (Lipinski definition) is 1. The molecule has 0 aromatic heterocycles. The van der Waals surface area contributed by atoms with Crippen molar-refractivity contribution in [3.8, 4) is 5.75 Å². The van der Waals surface area contributed by atoms with Crippen molar-refractivity contribution in [1.82, 2.24) is 4.72 Å². The minimum absolute atomic E-state index is 0.0157. The fourth-order valence-electron chi connectivity index (χ4n) is 2.29. The summed E-state index contributed by atoms with van der Waals surface area (Å²) in [5, 5.41) is 0. The second-order valence-corrected chi connectivity index (χ2v) is 7.57. The Morgan fingerprint density at radius 1 is 1.00 bits per heavy atom. The Morgan fingerprint density at radius 2 is 1.74 bits per heavy atom. The summed E-state index contributed by atoms with van der Waals surface area (Å²) in [6.45, 7) is 6.47. The molecule has 2 rings (SSSR count). The maximum Gasteiger partial charge on any atom is 0.215 e. The van der Waals surface area contributed by atoms with Crippen molar-refractivity contribution < 1.29 is 13.2 Å². The van der Waals surface area contributed by atoms with Gasteiger partial charge in [-0.05, 0) is 43.5 Å². The zero-order valence-corrected chi connectivity index (χ0v) is 14.6. The molecule has 0 aliphatic rings. The Hall–Kier alpha value is -1.85. The molecular formula is C18H23NO3S. The van der Waals surface area contributed by atoms with Crippen LogP contribution >= 0.6 is 0 Å².